The highest BCUT2D eigenvalue weighted by molar-refractivity contribution is 7.48. The number of phosphoric ester groups is 1. The minimum Gasteiger partial charge on any atom is -0.393 e. The van der Waals surface area contributed by atoms with E-state index >= 15 is 0 Å². The van der Waals surface area contributed by atoms with Crippen LogP contribution in [0.1, 0.15) is 24.5 Å². The molecule has 0 fully saturated rings. The van der Waals surface area contributed by atoms with E-state index in [1.54, 1.807) is 6.92 Å². The van der Waals surface area contributed by atoms with Crippen LogP contribution in [0, 0.1) is 0 Å². The van der Waals surface area contributed by atoms with Crippen molar-refractivity contribution < 1.29 is 23.2 Å². The average Bonchev–Trinajstić information content (AvgIpc) is 2.60. The minimum atomic E-state index is -3.72. The Bertz CT molecular complexity index is 583. The highest BCUT2D eigenvalue weighted by Gasteiger charge is 2.27. The third-order valence-electron chi connectivity index (χ3n) is 3.25. The first-order valence-corrected chi connectivity index (χ1v) is 9.33. The quantitative estimate of drug-likeness (QED) is 0.647. The normalized spacial score (nSPS) is 12.9. The van der Waals surface area contributed by atoms with Crippen LogP contribution in [-0.4, -0.2) is 17.8 Å². The van der Waals surface area contributed by atoms with Gasteiger partial charge in [-0.3, -0.25) is 13.6 Å². The molecule has 5 nitrogen and oxygen atoms in total. The van der Waals surface area contributed by atoms with Crippen LogP contribution >= 0.6 is 7.82 Å². The van der Waals surface area contributed by atoms with Gasteiger partial charge in [0.25, 0.3) is 0 Å². The lowest BCUT2D eigenvalue weighted by Crippen LogP contribution is -2.07. The second-order valence-electron chi connectivity index (χ2n) is 5.44. The Morgan fingerprint density at radius 2 is 1.33 bits per heavy atom. The van der Waals surface area contributed by atoms with Crippen LogP contribution in [-0.2, 0) is 31.4 Å². The SMILES string of the molecule is C[C@H](O)CCOP(=O)(OCc1ccccc1)OCc1ccccc1. The lowest BCUT2D eigenvalue weighted by Gasteiger charge is -2.18. The Kier molecular flexibility index (Phi) is 7.63. The molecule has 0 aliphatic carbocycles. The molecule has 130 valence electrons. The van der Waals surface area contributed by atoms with Crippen molar-refractivity contribution in [2.45, 2.75) is 32.7 Å². The summed E-state index contributed by atoms with van der Waals surface area (Å²) in [5.41, 5.74) is 1.75. The molecule has 0 saturated carbocycles. The van der Waals surface area contributed by atoms with E-state index < -0.39 is 13.9 Å². The summed E-state index contributed by atoms with van der Waals surface area (Å²) in [6, 6.07) is 18.8. The van der Waals surface area contributed by atoms with Crippen LogP contribution in [0.4, 0.5) is 0 Å². The summed E-state index contributed by atoms with van der Waals surface area (Å²) in [4.78, 5) is 0. The average molecular weight is 350 g/mol. The summed E-state index contributed by atoms with van der Waals surface area (Å²) >= 11 is 0. The van der Waals surface area contributed by atoms with Crippen LogP contribution < -0.4 is 0 Å². The van der Waals surface area contributed by atoms with Gasteiger partial charge in [0.05, 0.1) is 25.9 Å². The molecule has 0 aromatic heterocycles. The molecule has 0 aliphatic rings. The molecule has 0 radical (unpaired) electrons. The number of aliphatic hydroxyl groups excluding tert-OH is 1. The fourth-order valence-corrected chi connectivity index (χ4v) is 3.07. The number of hydrogen-bond acceptors (Lipinski definition) is 5. The van der Waals surface area contributed by atoms with Gasteiger partial charge in [0, 0.05) is 0 Å². The Hall–Kier alpha value is -1.49. The van der Waals surface area contributed by atoms with Crippen molar-refractivity contribution >= 4 is 7.82 Å². The first-order chi connectivity index (χ1) is 11.6. The Morgan fingerprint density at radius 3 is 1.75 bits per heavy atom. The largest absolute Gasteiger partial charge is 0.475 e. The van der Waals surface area contributed by atoms with Crippen LogP contribution in [0.3, 0.4) is 0 Å². The highest BCUT2D eigenvalue weighted by atomic mass is 31.2. The van der Waals surface area contributed by atoms with Gasteiger partial charge in [-0.15, -0.1) is 0 Å². The van der Waals surface area contributed by atoms with Crippen LogP contribution in [0.25, 0.3) is 0 Å². The molecule has 0 unspecified atom stereocenters. The van der Waals surface area contributed by atoms with E-state index in [1.165, 1.54) is 0 Å². The summed E-state index contributed by atoms with van der Waals surface area (Å²) in [5.74, 6) is 0. The van der Waals surface area contributed by atoms with Crippen LogP contribution in [0.2, 0.25) is 0 Å². The topological polar surface area (TPSA) is 65.0 Å². The molecule has 0 amide bonds. The van der Waals surface area contributed by atoms with Crippen LogP contribution in [0.5, 0.6) is 0 Å². The van der Waals surface area contributed by atoms with Crippen LogP contribution in [0.15, 0.2) is 60.7 Å². The second kappa shape index (κ2) is 9.72. The minimum absolute atomic E-state index is 0.0958. The molecular weight excluding hydrogens is 327 g/mol. The third kappa shape index (κ3) is 6.95. The highest BCUT2D eigenvalue weighted by Crippen LogP contribution is 2.51. The van der Waals surface area contributed by atoms with Crippen molar-refractivity contribution in [2.75, 3.05) is 6.61 Å². The van der Waals surface area contributed by atoms with Gasteiger partial charge >= 0.3 is 7.82 Å². The van der Waals surface area contributed by atoms with Crippen molar-refractivity contribution in [1.29, 1.82) is 0 Å². The Labute approximate surface area is 142 Å². The summed E-state index contributed by atoms with van der Waals surface area (Å²) < 4.78 is 29.0. The number of rotatable bonds is 10. The Balaban J connectivity index is 1.95. The molecule has 0 heterocycles. The van der Waals surface area contributed by atoms with E-state index in [-0.39, 0.29) is 19.8 Å². The van der Waals surface area contributed by atoms with E-state index in [0.29, 0.717) is 6.42 Å². The molecule has 24 heavy (non-hydrogen) atoms. The number of hydrogen-bond donors (Lipinski definition) is 1. The number of benzene rings is 2. The number of phosphoric acid groups is 1. The summed E-state index contributed by atoms with van der Waals surface area (Å²) in [6.45, 7) is 1.99. The van der Waals surface area contributed by atoms with Gasteiger partial charge in [-0.05, 0) is 24.5 Å². The van der Waals surface area contributed by atoms with E-state index in [4.69, 9.17) is 13.6 Å². The lowest BCUT2D eigenvalue weighted by atomic mass is 10.2. The molecule has 0 saturated heterocycles. The fraction of sp³-hybridized carbons (Fsp3) is 0.333. The first-order valence-electron chi connectivity index (χ1n) is 7.87. The molecular formula is C18H23O5P. The van der Waals surface area contributed by atoms with Gasteiger partial charge in [-0.1, -0.05) is 60.7 Å². The third-order valence-corrected chi connectivity index (χ3v) is 4.64. The smallest absolute Gasteiger partial charge is 0.393 e. The predicted molar refractivity (Wildman–Crippen MR) is 92.3 cm³/mol. The maximum Gasteiger partial charge on any atom is 0.475 e. The zero-order valence-electron chi connectivity index (χ0n) is 13.7. The monoisotopic (exact) mass is 350 g/mol. The fourth-order valence-electron chi connectivity index (χ4n) is 1.90. The van der Waals surface area contributed by atoms with Crippen molar-refractivity contribution in [3.8, 4) is 0 Å². The second-order valence-corrected chi connectivity index (χ2v) is 7.11. The Morgan fingerprint density at radius 1 is 0.875 bits per heavy atom. The molecule has 2 aromatic rings. The van der Waals surface area contributed by atoms with Gasteiger partial charge in [0.15, 0.2) is 0 Å². The number of aliphatic hydroxyl groups is 1. The maximum absolute atomic E-state index is 12.8. The van der Waals surface area contributed by atoms with Crippen molar-refractivity contribution in [1.82, 2.24) is 0 Å². The van der Waals surface area contributed by atoms with E-state index in [0.717, 1.165) is 11.1 Å². The summed E-state index contributed by atoms with van der Waals surface area (Å²) in [6.07, 6.45) is -0.186. The van der Waals surface area contributed by atoms with Gasteiger partial charge in [0.1, 0.15) is 0 Å². The molecule has 2 aromatic carbocycles. The maximum atomic E-state index is 12.8. The molecule has 2 rings (SSSR count). The van der Waals surface area contributed by atoms with Crippen molar-refractivity contribution in [2.24, 2.45) is 0 Å². The zero-order chi connectivity index (χ0) is 17.3. The molecule has 0 spiro atoms. The first kappa shape index (κ1) is 18.8. The molecule has 0 bridgehead atoms. The molecule has 1 N–H and O–H groups in total. The summed E-state index contributed by atoms with van der Waals surface area (Å²) in [7, 11) is -3.72. The predicted octanol–water partition coefficient (Wildman–Crippen LogP) is 4.32. The van der Waals surface area contributed by atoms with Gasteiger partial charge in [-0.25, -0.2) is 4.57 Å². The molecule has 0 aliphatic heterocycles. The van der Waals surface area contributed by atoms with E-state index in [2.05, 4.69) is 0 Å². The van der Waals surface area contributed by atoms with Crippen molar-refractivity contribution in [3.63, 3.8) is 0 Å². The zero-order valence-corrected chi connectivity index (χ0v) is 14.6. The van der Waals surface area contributed by atoms with E-state index in [9.17, 15) is 9.67 Å². The van der Waals surface area contributed by atoms with Crippen molar-refractivity contribution in [3.05, 3.63) is 71.8 Å². The standard InChI is InChI=1S/C18H23O5P/c1-16(19)12-13-21-24(20,22-14-17-8-4-2-5-9-17)23-15-18-10-6-3-7-11-18/h2-11,16,19H,12-15H2,1H3/t16-/m0/s1. The molecule has 6 heteroatoms. The summed E-state index contributed by atoms with van der Waals surface area (Å²) in [5, 5.41) is 9.31. The van der Waals surface area contributed by atoms with Gasteiger partial charge < -0.3 is 5.11 Å². The lowest BCUT2D eigenvalue weighted by molar-refractivity contribution is 0.0870. The molecule has 1 atom stereocenters. The van der Waals surface area contributed by atoms with E-state index in [1.807, 2.05) is 60.7 Å². The van der Waals surface area contributed by atoms with Gasteiger partial charge in [-0.2, -0.15) is 0 Å². The van der Waals surface area contributed by atoms with Gasteiger partial charge in [0.2, 0.25) is 0 Å².